The molecule has 5 heteroatoms. The summed E-state index contributed by atoms with van der Waals surface area (Å²) < 4.78 is 16.1. The fraction of sp³-hybridized carbons (Fsp3) is 0.786. The smallest absolute Gasteiger partial charge is 0.333 e. The van der Waals surface area contributed by atoms with Gasteiger partial charge in [-0.05, 0) is 27.2 Å². The van der Waals surface area contributed by atoms with E-state index in [9.17, 15) is 4.79 Å². The van der Waals surface area contributed by atoms with Crippen molar-refractivity contribution in [1.29, 1.82) is 0 Å². The van der Waals surface area contributed by atoms with E-state index in [0.29, 0.717) is 25.4 Å². The molecule has 0 amide bonds. The third-order valence-electron chi connectivity index (χ3n) is 2.62. The summed E-state index contributed by atoms with van der Waals surface area (Å²) in [6.07, 6.45) is 3.16. The maximum absolute atomic E-state index is 11.1. The molecule has 0 rings (SSSR count). The summed E-state index contributed by atoms with van der Waals surface area (Å²) in [7, 11) is -0.326. The Hall–Kier alpha value is -0.653. The van der Waals surface area contributed by atoms with E-state index >= 15 is 0 Å². The number of hydrogen-bond donors (Lipinski definition) is 0. The summed E-state index contributed by atoms with van der Waals surface area (Å²) in [6, 6.07) is 1.21. The largest absolute Gasteiger partial charge is 0.462 e. The number of esters is 1. The van der Waals surface area contributed by atoms with Crippen molar-refractivity contribution in [2.24, 2.45) is 0 Å². The van der Waals surface area contributed by atoms with Crippen LogP contribution < -0.4 is 0 Å². The predicted molar refractivity (Wildman–Crippen MR) is 80.0 cm³/mol. The first-order valence-corrected chi connectivity index (χ1v) is 8.99. The van der Waals surface area contributed by atoms with Crippen LogP contribution in [0.2, 0.25) is 6.04 Å². The van der Waals surface area contributed by atoms with Crippen molar-refractivity contribution < 1.29 is 19.0 Å². The van der Waals surface area contributed by atoms with Gasteiger partial charge in [0.05, 0.1) is 16.1 Å². The minimum Gasteiger partial charge on any atom is -0.462 e. The molecule has 4 nitrogen and oxygen atoms in total. The van der Waals surface area contributed by atoms with E-state index in [-0.39, 0.29) is 21.4 Å². The van der Waals surface area contributed by atoms with Crippen LogP contribution in [0.4, 0.5) is 0 Å². The molecule has 0 aliphatic heterocycles. The minimum atomic E-state index is -0.326. The van der Waals surface area contributed by atoms with Crippen LogP contribution in [0.3, 0.4) is 0 Å². The molecular weight excluding hydrogens is 260 g/mol. The van der Waals surface area contributed by atoms with Crippen LogP contribution in [-0.2, 0) is 19.0 Å². The molecular formula is C14H28O4Si. The quantitative estimate of drug-likeness (QED) is 0.182. The monoisotopic (exact) mass is 288 g/mol. The SMILES string of the molecule is C=C(C)C(=O)OCCCCC[SiH2]C(OCC)OCC. The van der Waals surface area contributed by atoms with Crippen LogP contribution >= 0.6 is 0 Å². The van der Waals surface area contributed by atoms with Gasteiger partial charge in [0, 0.05) is 18.8 Å². The summed E-state index contributed by atoms with van der Waals surface area (Å²) in [5, 5.41) is 0. The van der Waals surface area contributed by atoms with E-state index in [1.807, 2.05) is 13.8 Å². The Kier molecular flexibility index (Phi) is 12.0. The molecule has 19 heavy (non-hydrogen) atoms. The Labute approximate surface area is 119 Å². The minimum absolute atomic E-state index is 0.0660. The first-order chi connectivity index (χ1) is 9.11. The molecule has 0 aliphatic rings. The van der Waals surface area contributed by atoms with E-state index < -0.39 is 0 Å². The van der Waals surface area contributed by atoms with Gasteiger partial charge in [0.2, 0.25) is 0 Å². The van der Waals surface area contributed by atoms with E-state index in [1.165, 1.54) is 6.04 Å². The highest BCUT2D eigenvalue weighted by Gasteiger charge is 2.07. The van der Waals surface area contributed by atoms with Gasteiger partial charge >= 0.3 is 5.97 Å². The molecule has 0 N–H and O–H groups in total. The molecule has 0 saturated carbocycles. The van der Waals surface area contributed by atoms with E-state index in [2.05, 4.69) is 6.58 Å². The third-order valence-corrected chi connectivity index (χ3v) is 4.47. The Bertz CT molecular complexity index is 250. The van der Waals surface area contributed by atoms with E-state index in [4.69, 9.17) is 14.2 Å². The van der Waals surface area contributed by atoms with Crippen molar-refractivity contribution in [3.63, 3.8) is 0 Å². The molecule has 0 heterocycles. The second-order valence-electron chi connectivity index (χ2n) is 4.46. The summed E-state index contributed by atoms with van der Waals surface area (Å²) in [6.45, 7) is 11.1. The Morgan fingerprint density at radius 3 is 2.32 bits per heavy atom. The zero-order valence-corrected chi connectivity index (χ0v) is 14.0. The molecule has 0 fully saturated rings. The number of unbranched alkanes of at least 4 members (excludes halogenated alkanes) is 2. The number of hydrogen-bond acceptors (Lipinski definition) is 4. The number of rotatable bonds is 12. The number of carbonyl (C=O) groups excluding carboxylic acids is 1. The van der Waals surface area contributed by atoms with Crippen LogP contribution in [0.25, 0.3) is 0 Å². The van der Waals surface area contributed by atoms with E-state index in [0.717, 1.165) is 19.3 Å². The third kappa shape index (κ3) is 10.9. The summed E-state index contributed by atoms with van der Waals surface area (Å²) >= 11 is 0. The average molecular weight is 288 g/mol. The van der Waals surface area contributed by atoms with Crippen molar-refractivity contribution >= 4 is 15.5 Å². The van der Waals surface area contributed by atoms with Gasteiger partial charge in [0.1, 0.15) is 5.91 Å². The first-order valence-electron chi connectivity index (χ1n) is 7.17. The van der Waals surface area contributed by atoms with Gasteiger partial charge in [0.25, 0.3) is 0 Å². The molecule has 0 atom stereocenters. The molecule has 0 aliphatic carbocycles. The second-order valence-corrected chi connectivity index (χ2v) is 6.41. The lowest BCUT2D eigenvalue weighted by molar-refractivity contribution is -0.139. The summed E-state index contributed by atoms with van der Waals surface area (Å²) in [5.74, 6) is -0.224. The zero-order valence-electron chi connectivity index (χ0n) is 12.6. The maximum atomic E-state index is 11.1. The first kappa shape index (κ1) is 18.3. The summed E-state index contributed by atoms with van der Waals surface area (Å²) in [5.41, 5.74) is 0.462. The zero-order chi connectivity index (χ0) is 14.5. The lowest BCUT2D eigenvalue weighted by atomic mass is 10.3. The van der Waals surface area contributed by atoms with E-state index in [1.54, 1.807) is 6.92 Å². The van der Waals surface area contributed by atoms with Crippen molar-refractivity contribution in [3.05, 3.63) is 12.2 Å². The summed E-state index contributed by atoms with van der Waals surface area (Å²) in [4.78, 5) is 11.1. The maximum Gasteiger partial charge on any atom is 0.333 e. The average Bonchev–Trinajstić information content (AvgIpc) is 2.37. The Morgan fingerprint density at radius 2 is 1.79 bits per heavy atom. The molecule has 0 bridgehead atoms. The van der Waals surface area contributed by atoms with Crippen molar-refractivity contribution in [2.75, 3.05) is 19.8 Å². The molecule has 0 aromatic heterocycles. The molecule has 0 unspecified atom stereocenters. The second kappa shape index (κ2) is 12.4. The highest BCUT2D eigenvalue weighted by Crippen LogP contribution is 2.05. The van der Waals surface area contributed by atoms with Gasteiger partial charge < -0.3 is 14.2 Å². The molecule has 0 aromatic rings. The van der Waals surface area contributed by atoms with Gasteiger partial charge in [-0.3, -0.25) is 0 Å². The Morgan fingerprint density at radius 1 is 1.16 bits per heavy atom. The van der Waals surface area contributed by atoms with Crippen LogP contribution in [0.5, 0.6) is 0 Å². The van der Waals surface area contributed by atoms with Gasteiger partial charge in [-0.25, -0.2) is 4.79 Å². The predicted octanol–water partition coefficient (Wildman–Crippen LogP) is 2.22. The van der Waals surface area contributed by atoms with Gasteiger partial charge in [-0.1, -0.05) is 25.5 Å². The lowest BCUT2D eigenvalue weighted by Crippen LogP contribution is -2.24. The standard InChI is InChI=1S/C14H28O4Si/c1-5-16-14(17-6-2)19-11-9-7-8-10-18-13(15)12(3)4/h14H,3,5-11,19H2,1-2,4H3. The van der Waals surface area contributed by atoms with Crippen molar-refractivity contribution in [1.82, 2.24) is 0 Å². The van der Waals surface area contributed by atoms with Crippen LogP contribution in [0, 0.1) is 0 Å². The van der Waals surface area contributed by atoms with Gasteiger partial charge in [-0.2, -0.15) is 0 Å². The molecule has 112 valence electrons. The normalized spacial score (nSPS) is 11.4. The molecule has 0 saturated heterocycles. The fourth-order valence-electron chi connectivity index (χ4n) is 1.64. The fourth-order valence-corrected chi connectivity index (χ4v) is 3.42. The van der Waals surface area contributed by atoms with Crippen molar-refractivity contribution in [3.8, 4) is 0 Å². The van der Waals surface area contributed by atoms with Crippen LogP contribution in [0.15, 0.2) is 12.2 Å². The Balaban J connectivity index is 3.43. The number of ether oxygens (including phenoxy) is 3. The molecule has 0 aromatic carbocycles. The highest BCUT2D eigenvalue weighted by molar-refractivity contribution is 6.36. The number of carbonyl (C=O) groups is 1. The van der Waals surface area contributed by atoms with Crippen LogP contribution in [0.1, 0.15) is 40.0 Å². The van der Waals surface area contributed by atoms with Crippen LogP contribution in [-0.4, -0.2) is 41.2 Å². The highest BCUT2D eigenvalue weighted by atomic mass is 28.2. The van der Waals surface area contributed by atoms with Gasteiger partial charge in [0.15, 0.2) is 0 Å². The lowest BCUT2D eigenvalue weighted by Gasteiger charge is -2.16. The molecule has 0 spiro atoms. The van der Waals surface area contributed by atoms with Gasteiger partial charge in [-0.15, -0.1) is 0 Å². The molecule has 0 radical (unpaired) electrons. The topological polar surface area (TPSA) is 44.8 Å². The van der Waals surface area contributed by atoms with Crippen molar-refractivity contribution in [2.45, 2.75) is 52.0 Å².